The molecule has 0 aromatic heterocycles. The first-order valence-corrected chi connectivity index (χ1v) is 9.51. The summed E-state index contributed by atoms with van der Waals surface area (Å²) in [7, 11) is -0.409. The quantitative estimate of drug-likeness (QED) is 0.216. The van der Waals surface area contributed by atoms with Crippen molar-refractivity contribution in [2.45, 2.75) is 0 Å². The van der Waals surface area contributed by atoms with Crippen molar-refractivity contribution in [3.8, 4) is 0 Å². The Balaban J connectivity index is 0.000000258. The molecule has 4 aromatic rings. The van der Waals surface area contributed by atoms with E-state index in [0.29, 0.717) is 0 Å². The molecule has 1 nitrogen and oxygen atoms in total. The smallest absolute Gasteiger partial charge is 0.0949 e. The largest absolute Gasteiger partial charge is 0.747 e. The Morgan fingerprint density at radius 1 is 0.731 bits per heavy atom. The third-order valence-electron chi connectivity index (χ3n) is 3.76. The maximum Gasteiger partial charge on any atom is 0.0949 e. The number of hydrogen-bond acceptors (Lipinski definition) is 1. The Kier molecular flexibility index (Phi) is 8.25. The minimum absolute atomic E-state index is 0. The van der Waals surface area contributed by atoms with Crippen LogP contribution in [0, 0.1) is 0 Å². The van der Waals surface area contributed by atoms with Gasteiger partial charge >= 0.3 is 0 Å². The first-order chi connectivity index (χ1) is 12.4. The van der Waals surface area contributed by atoms with E-state index < -0.39 is 7.92 Å². The zero-order chi connectivity index (χ0) is 17.3. The molecule has 0 saturated heterocycles. The molecule has 0 aliphatic heterocycles. The Hall–Kier alpha value is -2.24. The van der Waals surface area contributed by atoms with Crippen LogP contribution in [-0.4, -0.2) is 6.29 Å². The third-order valence-corrected chi connectivity index (χ3v) is 6.20. The molecule has 0 saturated carbocycles. The van der Waals surface area contributed by atoms with Crippen molar-refractivity contribution >= 4 is 30.1 Å². The standard InChI is InChI=1S/C17H14P.C6H5O.Fe/c1-3-9-15(10-4-1)18(17-13-7-8-14-17)16-11-5-2-6-12-16;7-5-6-3-1-2-4-6;/h1-14H;1-5H;/q-5;-1;. The summed E-state index contributed by atoms with van der Waals surface area (Å²) < 4.78 is 0. The summed E-state index contributed by atoms with van der Waals surface area (Å²) in [5.74, 6) is 0. The fourth-order valence-corrected chi connectivity index (χ4v) is 4.89. The monoisotopic (exact) mass is 398 g/mol. The molecule has 3 heteroatoms. The molecule has 0 amide bonds. The Bertz CT molecular complexity index is 814. The van der Waals surface area contributed by atoms with Gasteiger partial charge in [-0.15, -0.1) is 0 Å². The molecular formula is C23H19FeOP-6. The van der Waals surface area contributed by atoms with E-state index in [-0.39, 0.29) is 17.1 Å². The molecule has 0 N–H and O–H groups in total. The molecule has 4 rings (SSSR count). The summed E-state index contributed by atoms with van der Waals surface area (Å²) >= 11 is 0. The maximum absolute atomic E-state index is 9.87. The number of hydrogen-bond donors (Lipinski definition) is 0. The van der Waals surface area contributed by atoms with Crippen molar-refractivity contribution in [1.29, 1.82) is 0 Å². The van der Waals surface area contributed by atoms with E-state index in [1.54, 1.807) is 12.1 Å². The molecule has 136 valence electrons. The van der Waals surface area contributed by atoms with Crippen LogP contribution in [0.15, 0.2) is 109 Å². The molecule has 0 heterocycles. The van der Waals surface area contributed by atoms with Crippen LogP contribution in [0.1, 0.15) is 10.4 Å². The van der Waals surface area contributed by atoms with E-state index in [1.807, 2.05) is 12.1 Å². The topological polar surface area (TPSA) is 17.1 Å². The molecule has 0 unspecified atom stereocenters. The third kappa shape index (κ3) is 5.38. The number of aldehydes is 1. The predicted molar refractivity (Wildman–Crippen MR) is 108 cm³/mol. The van der Waals surface area contributed by atoms with Crippen LogP contribution in [0.2, 0.25) is 0 Å². The van der Waals surface area contributed by atoms with E-state index in [4.69, 9.17) is 0 Å². The summed E-state index contributed by atoms with van der Waals surface area (Å²) in [6.45, 7) is 0. The van der Waals surface area contributed by atoms with Gasteiger partial charge in [-0.3, -0.25) is 0 Å². The van der Waals surface area contributed by atoms with Gasteiger partial charge in [-0.25, -0.2) is 20.1 Å². The maximum atomic E-state index is 9.87. The van der Waals surface area contributed by atoms with E-state index in [2.05, 4.69) is 84.9 Å². The van der Waals surface area contributed by atoms with Crippen LogP contribution in [-0.2, 0) is 17.1 Å². The minimum atomic E-state index is -0.409. The zero-order valence-electron chi connectivity index (χ0n) is 14.2. The van der Waals surface area contributed by atoms with Gasteiger partial charge in [-0.2, -0.15) is 12.1 Å². The molecule has 26 heavy (non-hydrogen) atoms. The molecule has 0 radical (unpaired) electrons. The fraction of sp³-hybridized carbons (Fsp3) is 0. The number of carbonyl (C=O) groups is 1. The van der Waals surface area contributed by atoms with Crippen LogP contribution >= 0.6 is 7.92 Å². The molecule has 0 spiro atoms. The first-order valence-electron chi connectivity index (χ1n) is 8.17. The Morgan fingerprint density at radius 3 is 1.58 bits per heavy atom. The van der Waals surface area contributed by atoms with Gasteiger partial charge in [-0.05, 0) is 0 Å². The van der Waals surface area contributed by atoms with Crippen LogP contribution in [0.5, 0.6) is 0 Å². The average Bonchev–Trinajstić information content (AvgIpc) is 3.38. The van der Waals surface area contributed by atoms with Gasteiger partial charge in [0.2, 0.25) is 0 Å². The zero-order valence-corrected chi connectivity index (χ0v) is 16.2. The molecule has 0 aliphatic rings. The van der Waals surface area contributed by atoms with Crippen LogP contribution in [0.3, 0.4) is 0 Å². The Morgan fingerprint density at radius 2 is 1.19 bits per heavy atom. The summed E-state index contributed by atoms with van der Waals surface area (Å²) in [4.78, 5) is 9.87. The van der Waals surface area contributed by atoms with Gasteiger partial charge < -0.3 is 34.4 Å². The van der Waals surface area contributed by atoms with E-state index in [9.17, 15) is 4.79 Å². The Labute approximate surface area is 166 Å². The summed E-state index contributed by atoms with van der Waals surface area (Å²) in [6.07, 6.45) is 0.833. The summed E-state index contributed by atoms with van der Waals surface area (Å²) in [6, 6.07) is 37.5. The minimum Gasteiger partial charge on any atom is -0.747 e. The summed E-state index contributed by atoms with van der Waals surface area (Å²) in [5, 5.41) is 4.23. The molecule has 0 atom stereocenters. The van der Waals surface area contributed by atoms with Crippen LogP contribution in [0.25, 0.3) is 0 Å². The molecular weight excluding hydrogens is 379 g/mol. The second kappa shape index (κ2) is 10.7. The number of carbonyl (C=O) groups excluding carboxylic acids is 1. The fourth-order valence-electron chi connectivity index (χ4n) is 2.58. The summed E-state index contributed by atoms with van der Waals surface area (Å²) in [5.41, 5.74) is 0.750. The SMILES string of the molecule is O=C[c-]1cccc1.[Fe].c1ccc(P(c2ccccc2)[c-]2[cH-][cH-][cH-][cH-]2)cc1. The van der Waals surface area contributed by atoms with Gasteiger partial charge in [-0.1, -0.05) is 76.8 Å². The van der Waals surface area contributed by atoms with E-state index in [0.717, 1.165) is 11.8 Å². The normalized spacial score (nSPS) is 9.73. The van der Waals surface area contributed by atoms with Crippen molar-refractivity contribution in [2.75, 3.05) is 0 Å². The van der Waals surface area contributed by atoms with Crippen LogP contribution in [0.4, 0.5) is 0 Å². The molecule has 4 aromatic carbocycles. The number of benzene rings is 2. The molecule has 0 aliphatic carbocycles. The predicted octanol–water partition coefficient (Wildman–Crippen LogP) is 4.38. The molecule has 0 bridgehead atoms. The van der Waals surface area contributed by atoms with E-state index >= 15 is 0 Å². The van der Waals surface area contributed by atoms with Gasteiger partial charge in [0.05, 0.1) is 6.29 Å². The van der Waals surface area contributed by atoms with Gasteiger partial charge in [0, 0.05) is 17.1 Å². The second-order valence-corrected chi connectivity index (χ2v) is 7.71. The average molecular weight is 398 g/mol. The first kappa shape index (κ1) is 20.1. The van der Waals surface area contributed by atoms with Crippen molar-refractivity contribution in [3.63, 3.8) is 0 Å². The van der Waals surface area contributed by atoms with E-state index in [1.165, 1.54) is 15.9 Å². The van der Waals surface area contributed by atoms with Crippen LogP contribution < -0.4 is 15.9 Å². The van der Waals surface area contributed by atoms with Crippen molar-refractivity contribution < 1.29 is 21.9 Å². The van der Waals surface area contributed by atoms with Crippen molar-refractivity contribution in [3.05, 3.63) is 115 Å². The number of rotatable bonds is 4. The second-order valence-electron chi connectivity index (χ2n) is 5.49. The molecule has 0 fully saturated rings. The van der Waals surface area contributed by atoms with Gasteiger partial charge in [0.15, 0.2) is 0 Å². The van der Waals surface area contributed by atoms with Gasteiger partial charge in [0.25, 0.3) is 0 Å². The van der Waals surface area contributed by atoms with Crippen molar-refractivity contribution in [1.82, 2.24) is 0 Å². The van der Waals surface area contributed by atoms with Gasteiger partial charge in [0.1, 0.15) is 0 Å². The van der Waals surface area contributed by atoms with Crippen molar-refractivity contribution in [2.24, 2.45) is 0 Å².